The Labute approximate surface area is 197 Å². The number of benzene rings is 2. The molecule has 0 aliphatic heterocycles. The highest BCUT2D eigenvalue weighted by Crippen LogP contribution is 2.35. The molecule has 3 rings (SSSR count). The molecule has 0 aliphatic carbocycles. The molecule has 1 N–H and O–H groups in total. The third kappa shape index (κ3) is 4.88. The fourth-order valence-electron chi connectivity index (χ4n) is 3.89. The molecule has 0 atom stereocenters. The molecule has 0 aliphatic rings. The van der Waals surface area contributed by atoms with E-state index in [2.05, 4.69) is 5.32 Å². The molecule has 0 spiro atoms. The molecule has 0 radical (unpaired) electrons. The lowest BCUT2D eigenvalue weighted by molar-refractivity contribution is -0.137. The summed E-state index contributed by atoms with van der Waals surface area (Å²) in [5, 5.41) is 2.69. The smallest absolute Gasteiger partial charge is 0.322 e. The maximum absolute atomic E-state index is 13.5. The molecule has 0 unspecified atom stereocenters. The fourth-order valence-corrected chi connectivity index (χ4v) is 5.35. The zero-order valence-electron chi connectivity index (χ0n) is 19.3. The van der Waals surface area contributed by atoms with Crippen molar-refractivity contribution in [1.29, 1.82) is 0 Å². The van der Waals surface area contributed by atoms with E-state index in [1.54, 1.807) is 27.7 Å². The Bertz CT molecular complexity index is 1290. The maximum atomic E-state index is 13.5. The van der Waals surface area contributed by atoms with Crippen molar-refractivity contribution in [3.05, 3.63) is 77.1 Å². The standard InChI is InChI=1S/C24H26F3N3O3S/c1-5-29(6-2)34(32,33)19-13-11-18(12-14-19)28-23(31)20-15-16(3)30(17(20)4)22-10-8-7-9-21(22)24(25,26)27/h7-15H,5-6H2,1-4H3,(H,28,31). The third-order valence-corrected chi connectivity index (χ3v) is 7.65. The van der Waals surface area contributed by atoms with Crippen molar-refractivity contribution in [3.8, 4) is 5.69 Å². The molecule has 6 nitrogen and oxygen atoms in total. The van der Waals surface area contributed by atoms with E-state index in [9.17, 15) is 26.4 Å². The minimum atomic E-state index is -4.55. The number of aryl methyl sites for hydroxylation is 1. The average molecular weight is 494 g/mol. The second-order valence-corrected chi connectivity index (χ2v) is 9.64. The van der Waals surface area contributed by atoms with Crippen LogP contribution in [0.1, 0.15) is 41.2 Å². The first kappa shape index (κ1) is 25.5. The van der Waals surface area contributed by atoms with Crippen molar-refractivity contribution in [2.24, 2.45) is 0 Å². The van der Waals surface area contributed by atoms with Gasteiger partial charge in [-0.1, -0.05) is 26.0 Å². The molecule has 34 heavy (non-hydrogen) atoms. The van der Waals surface area contributed by atoms with Crippen molar-refractivity contribution >= 4 is 21.6 Å². The first-order valence-electron chi connectivity index (χ1n) is 10.7. The minimum absolute atomic E-state index is 0.0602. The van der Waals surface area contributed by atoms with Gasteiger partial charge in [-0.15, -0.1) is 0 Å². The largest absolute Gasteiger partial charge is 0.418 e. The number of anilines is 1. The van der Waals surface area contributed by atoms with Crippen LogP contribution in [0.4, 0.5) is 18.9 Å². The Morgan fingerprint density at radius 1 is 1.00 bits per heavy atom. The Balaban J connectivity index is 1.90. The summed E-state index contributed by atoms with van der Waals surface area (Å²) in [6.45, 7) is 7.38. The zero-order chi connectivity index (χ0) is 25.3. The summed E-state index contributed by atoms with van der Waals surface area (Å²) in [6, 6.07) is 12.5. The number of nitrogens with one attached hydrogen (secondary N) is 1. The Kier molecular flexibility index (Phi) is 7.23. The summed E-state index contributed by atoms with van der Waals surface area (Å²) >= 11 is 0. The number of nitrogens with zero attached hydrogens (tertiary/aromatic N) is 2. The number of sulfonamides is 1. The van der Waals surface area contributed by atoms with Gasteiger partial charge in [0.25, 0.3) is 5.91 Å². The van der Waals surface area contributed by atoms with Crippen LogP contribution >= 0.6 is 0 Å². The van der Waals surface area contributed by atoms with Gasteiger partial charge in [0.2, 0.25) is 10.0 Å². The number of halogens is 3. The number of hydrogen-bond donors (Lipinski definition) is 1. The zero-order valence-corrected chi connectivity index (χ0v) is 20.1. The van der Waals surface area contributed by atoms with E-state index in [4.69, 9.17) is 0 Å². The summed E-state index contributed by atoms with van der Waals surface area (Å²) in [5.74, 6) is -0.511. The minimum Gasteiger partial charge on any atom is -0.322 e. The van der Waals surface area contributed by atoms with Crippen molar-refractivity contribution in [1.82, 2.24) is 8.87 Å². The van der Waals surface area contributed by atoms with E-state index >= 15 is 0 Å². The van der Waals surface area contributed by atoms with E-state index in [-0.39, 0.29) is 16.1 Å². The van der Waals surface area contributed by atoms with E-state index in [1.807, 2.05) is 0 Å². The molecule has 0 bridgehead atoms. The quantitative estimate of drug-likeness (QED) is 0.479. The molecule has 1 aromatic heterocycles. The van der Waals surface area contributed by atoms with Crippen LogP contribution in [0, 0.1) is 13.8 Å². The van der Waals surface area contributed by atoms with Crippen LogP contribution in [0.5, 0.6) is 0 Å². The first-order chi connectivity index (χ1) is 15.9. The van der Waals surface area contributed by atoms with E-state index in [1.165, 1.54) is 57.4 Å². The van der Waals surface area contributed by atoms with Gasteiger partial charge in [-0.05, 0) is 56.3 Å². The molecule has 0 saturated heterocycles. The molecule has 1 amide bonds. The number of carbonyl (C=O) groups excluding carboxylic acids is 1. The lowest BCUT2D eigenvalue weighted by Gasteiger charge is -2.18. The van der Waals surface area contributed by atoms with Gasteiger partial charge in [0.05, 0.1) is 21.7 Å². The molecule has 182 valence electrons. The Hall–Kier alpha value is -3.11. The second-order valence-electron chi connectivity index (χ2n) is 7.70. The van der Waals surface area contributed by atoms with Crippen molar-refractivity contribution < 1.29 is 26.4 Å². The highest BCUT2D eigenvalue weighted by Gasteiger charge is 2.34. The van der Waals surface area contributed by atoms with Gasteiger partial charge < -0.3 is 9.88 Å². The number of alkyl halides is 3. The normalized spacial score (nSPS) is 12.2. The second kappa shape index (κ2) is 9.63. The molecule has 2 aromatic carbocycles. The monoisotopic (exact) mass is 493 g/mol. The molecular weight excluding hydrogens is 467 g/mol. The van der Waals surface area contributed by atoms with Crippen LogP contribution in [-0.4, -0.2) is 36.3 Å². The van der Waals surface area contributed by atoms with E-state index in [0.717, 1.165) is 6.07 Å². The number of hydrogen-bond acceptors (Lipinski definition) is 3. The number of rotatable bonds is 7. The summed E-state index contributed by atoms with van der Waals surface area (Å²) in [7, 11) is -3.63. The summed E-state index contributed by atoms with van der Waals surface area (Å²) in [6.07, 6.45) is -4.55. The van der Waals surface area contributed by atoms with Gasteiger partial charge in [0.15, 0.2) is 0 Å². The van der Waals surface area contributed by atoms with Gasteiger partial charge in [0.1, 0.15) is 0 Å². The molecule has 10 heteroatoms. The predicted molar refractivity (Wildman–Crippen MR) is 125 cm³/mol. The number of carbonyl (C=O) groups is 1. The van der Waals surface area contributed by atoms with Gasteiger partial charge in [-0.3, -0.25) is 4.79 Å². The highest BCUT2D eigenvalue weighted by atomic mass is 32.2. The number of para-hydroxylation sites is 1. The highest BCUT2D eigenvalue weighted by molar-refractivity contribution is 7.89. The van der Waals surface area contributed by atoms with E-state index < -0.39 is 27.7 Å². The van der Waals surface area contributed by atoms with Crippen molar-refractivity contribution in [2.45, 2.75) is 38.8 Å². The average Bonchev–Trinajstić information content (AvgIpc) is 3.08. The summed E-state index contributed by atoms with van der Waals surface area (Å²) in [4.78, 5) is 13.0. The fraction of sp³-hybridized carbons (Fsp3) is 0.292. The molecule has 0 fully saturated rings. The third-order valence-electron chi connectivity index (χ3n) is 5.58. The Morgan fingerprint density at radius 3 is 2.15 bits per heavy atom. The van der Waals surface area contributed by atoms with Crippen molar-refractivity contribution in [3.63, 3.8) is 0 Å². The van der Waals surface area contributed by atoms with Crippen LogP contribution in [-0.2, 0) is 16.2 Å². The summed E-state index contributed by atoms with van der Waals surface area (Å²) in [5.41, 5.74) is 0.550. The lowest BCUT2D eigenvalue weighted by atomic mass is 10.1. The predicted octanol–water partition coefficient (Wildman–Crippen LogP) is 5.40. The van der Waals surface area contributed by atoms with Crippen LogP contribution < -0.4 is 5.32 Å². The van der Waals surface area contributed by atoms with Crippen LogP contribution in [0.15, 0.2) is 59.5 Å². The lowest BCUT2D eigenvalue weighted by Crippen LogP contribution is -2.30. The molecule has 3 aromatic rings. The van der Waals surface area contributed by atoms with Gasteiger partial charge >= 0.3 is 6.18 Å². The summed E-state index contributed by atoms with van der Waals surface area (Å²) < 4.78 is 68.5. The molecule has 1 heterocycles. The van der Waals surface area contributed by atoms with Gasteiger partial charge in [-0.2, -0.15) is 17.5 Å². The molecule has 0 saturated carbocycles. The number of amides is 1. The topological polar surface area (TPSA) is 71.4 Å². The Morgan fingerprint density at radius 2 is 1.59 bits per heavy atom. The van der Waals surface area contributed by atoms with Crippen LogP contribution in [0.25, 0.3) is 5.69 Å². The molecular formula is C24H26F3N3O3S. The number of aromatic nitrogens is 1. The van der Waals surface area contributed by atoms with Crippen molar-refractivity contribution in [2.75, 3.05) is 18.4 Å². The maximum Gasteiger partial charge on any atom is 0.418 e. The van der Waals surface area contributed by atoms with Gasteiger partial charge in [0, 0.05) is 30.2 Å². The van der Waals surface area contributed by atoms with Crippen LogP contribution in [0.3, 0.4) is 0 Å². The van der Waals surface area contributed by atoms with Gasteiger partial charge in [-0.25, -0.2) is 8.42 Å². The van der Waals surface area contributed by atoms with E-state index in [0.29, 0.717) is 30.2 Å². The first-order valence-corrected chi connectivity index (χ1v) is 12.1. The van der Waals surface area contributed by atoms with Crippen LogP contribution in [0.2, 0.25) is 0 Å². The SMILES string of the molecule is CCN(CC)S(=O)(=O)c1ccc(NC(=O)c2cc(C)n(-c3ccccc3C(F)(F)F)c2C)cc1.